The molecule has 0 radical (unpaired) electrons. The molecule has 1 aromatic carbocycles. The summed E-state index contributed by atoms with van der Waals surface area (Å²) < 4.78 is 4.87. The van der Waals surface area contributed by atoms with Crippen LogP contribution in [0.4, 0.5) is 11.5 Å². The van der Waals surface area contributed by atoms with Crippen LogP contribution in [0.5, 0.6) is 0 Å². The van der Waals surface area contributed by atoms with Crippen molar-refractivity contribution < 1.29 is 19.1 Å². The Morgan fingerprint density at radius 3 is 2.73 bits per heavy atom. The third kappa shape index (κ3) is 3.52. The first kappa shape index (κ1) is 17.9. The van der Waals surface area contributed by atoms with E-state index in [0.29, 0.717) is 5.69 Å². The van der Waals surface area contributed by atoms with Crippen molar-refractivity contribution in [1.82, 2.24) is 9.97 Å². The average molecular weight is 372 g/mol. The number of hydrogen-bond acceptors (Lipinski definition) is 8. The first-order valence-corrected chi connectivity index (χ1v) is 8.77. The molecular formula is C17H16N4O4S. The maximum Gasteiger partial charge on any atom is 0.343 e. The minimum atomic E-state index is -0.643. The zero-order valence-electron chi connectivity index (χ0n) is 13.9. The number of nitrogen functional groups attached to an aromatic ring is 1. The predicted molar refractivity (Wildman–Crippen MR) is 95.6 cm³/mol. The quantitative estimate of drug-likeness (QED) is 0.479. The first-order chi connectivity index (χ1) is 12.5. The van der Waals surface area contributed by atoms with E-state index in [-0.39, 0.29) is 41.4 Å². The molecule has 0 aliphatic carbocycles. The molecule has 0 bridgehead atoms. The number of ether oxygens (including phenoxy) is 1. The third-order valence-corrected chi connectivity index (χ3v) is 4.72. The summed E-state index contributed by atoms with van der Waals surface area (Å²) in [7, 11) is 0. The van der Waals surface area contributed by atoms with Gasteiger partial charge in [-0.25, -0.2) is 19.7 Å². The Hall–Kier alpha value is -2.94. The molecule has 2 aromatic rings. The van der Waals surface area contributed by atoms with Crippen LogP contribution in [0.1, 0.15) is 23.7 Å². The fraction of sp³-hybridized carbons (Fsp3) is 0.235. The van der Waals surface area contributed by atoms with Crippen molar-refractivity contribution in [3.05, 3.63) is 42.1 Å². The van der Waals surface area contributed by atoms with Crippen molar-refractivity contribution in [2.45, 2.75) is 23.8 Å². The molecule has 3 rings (SSSR count). The molecule has 2 N–H and O–H groups in total. The first-order valence-electron chi connectivity index (χ1n) is 7.89. The summed E-state index contributed by atoms with van der Waals surface area (Å²) in [5, 5.41) is -0.424. The molecule has 2 heterocycles. The molecule has 0 unspecified atom stereocenters. The van der Waals surface area contributed by atoms with Crippen molar-refractivity contribution in [2.75, 3.05) is 17.2 Å². The van der Waals surface area contributed by atoms with Crippen molar-refractivity contribution in [2.24, 2.45) is 0 Å². The van der Waals surface area contributed by atoms with Crippen LogP contribution in [-0.4, -0.2) is 39.6 Å². The Morgan fingerprint density at radius 2 is 2.08 bits per heavy atom. The second-order valence-electron chi connectivity index (χ2n) is 5.39. The van der Waals surface area contributed by atoms with Crippen molar-refractivity contribution in [3.63, 3.8) is 0 Å². The highest BCUT2D eigenvalue weighted by Gasteiger charge is 2.40. The smallest absolute Gasteiger partial charge is 0.343 e. The largest absolute Gasteiger partial charge is 0.462 e. The molecule has 1 fully saturated rings. The third-order valence-electron chi connectivity index (χ3n) is 3.66. The van der Waals surface area contributed by atoms with Gasteiger partial charge in [-0.3, -0.25) is 9.59 Å². The normalized spacial score (nSPS) is 16.8. The number of imide groups is 1. The van der Waals surface area contributed by atoms with Crippen LogP contribution in [0, 0.1) is 0 Å². The topological polar surface area (TPSA) is 115 Å². The standard InChI is InChI=1S/C17H16N4O4S/c1-2-25-16(24)11-9-19-17(20-14(11)18)26-12-8-13(22)21(15(12)23)10-6-4-3-5-7-10/h3-7,9,12H,2,8H2,1H3,(H2,18,19,20)/t12-/m0/s1. The molecule has 26 heavy (non-hydrogen) atoms. The lowest BCUT2D eigenvalue weighted by Gasteiger charge is -2.14. The molecule has 0 spiro atoms. The summed E-state index contributed by atoms with van der Waals surface area (Å²) in [4.78, 5) is 45.8. The minimum absolute atomic E-state index is 0.0300. The Bertz CT molecular complexity index is 859. The van der Waals surface area contributed by atoms with E-state index >= 15 is 0 Å². The van der Waals surface area contributed by atoms with Gasteiger partial charge >= 0.3 is 5.97 Å². The zero-order valence-corrected chi connectivity index (χ0v) is 14.7. The van der Waals surface area contributed by atoms with Crippen LogP contribution in [0.2, 0.25) is 0 Å². The molecule has 9 heteroatoms. The molecule has 1 aromatic heterocycles. The number of esters is 1. The summed E-state index contributed by atoms with van der Waals surface area (Å²) in [5.41, 5.74) is 6.38. The summed E-state index contributed by atoms with van der Waals surface area (Å²) in [5.74, 6) is -1.25. The lowest BCUT2D eigenvalue weighted by atomic mass is 10.3. The van der Waals surface area contributed by atoms with Crippen LogP contribution >= 0.6 is 11.8 Å². The number of carbonyl (C=O) groups is 3. The van der Waals surface area contributed by atoms with Gasteiger partial charge in [-0.2, -0.15) is 0 Å². The molecule has 2 amide bonds. The van der Waals surface area contributed by atoms with Gasteiger partial charge < -0.3 is 10.5 Å². The molecule has 1 saturated heterocycles. The Morgan fingerprint density at radius 1 is 1.35 bits per heavy atom. The number of carbonyl (C=O) groups excluding carboxylic acids is 3. The Labute approximate surface area is 153 Å². The van der Waals surface area contributed by atoms with Crippen LogP contribution < -0.4 is 10.6 Å². The number of aromatic nitrogens is 2. The van der Waals surface area contributed by atoms with E-state index < -0.39 is 11.2 Å². The van der Waals surface area contributed by atoms with Gasteiger partial charge in [0.05, 0.1) is 12.3 Å². The number of nitrogens with two attached hydrogens (primary N) is 1. The molecule has 134 valence electrons. The lowest BCUT2D eigenvalue weighted by molar-refractivity contribution is -0.121. The van der Waals surface area contributed by atoms with E-state index in [1.54, 1.807) is 31.2 Å². The van der Waals surface area contributed by atoms with Gasteiger partial charge in [-0.1, -0.05) is 30.0 Å². The molecule has 0 saturated carbocycles. The molecule has 1 atom stereocenters. The summed E-state index contributed by atoms with van der Waals surface area (Å²) in [6.07, 6.45) is 1.31. The summed E-state index contributed by atoms with van der Waals surface area (Å²) in [6.45, 7) is 1.89. The minimum Gasteiger partial charge on any atom is -0.462 e. The molecule has 1 aliphatic heterocycles. The highest BCUT2D eigenvalue weighted by atomic mass is 32.2. The van der Waals surface area contributed by atoms with E-state index in [1.807, 2.05) is 6.07 Å². The predicted octanol–water partition coefficient (Wildman–Crippen LogP) is 1.66. The van der Waals surface area contributed by atoms with Crippen LogP contribution in [0.3, 0.4) is 0 Å². The fourth-order valence-corrected chi connectivity index (χ4v) is 3.42. The van der Waals surface area contributed by atoms with Gasteiger partial charge in [0.25, 0.3) is 0 Å². The highest BCUT2D eigenvalue weighted by molar-refractivity contribution is 8.00. The SMILES string of the molecule is CCOC(=O)c1cnc(S[C@H]2CC(=O)N(c3ccccc3)C2=O)nc1N. The van der Waals surface area contributed by atoms with Crippen LogP contribution in [0.25, 0.3) is 0 Å². The van der Waals surface area contributed by atoms with Gasteiger partial charge in [0.1, 0.15) is 16.6 Å². The zero-order chi connectivity index (χ0) is 18.7. The second kappa shape index (κ2) is 7.52. The molecule has 1 aliphatic rings. The molecule has 8 nitrogen and oxygen atoms in total. The van der Waals surface area contributed by atoms with Crippen molar-refractivity contribution in [3.8, 4) is 0 Å². The maximum absolute atomic E-state index is 12.6. The van der Waals surface area contributed by atoms with Gasteiger partial charge in [-0.05, 0) is 19.1 Å². The number of benzene rings is 1. The number of hydrogen-bond donors (Lipinski definition) is 1. The fourth-order valence-electron chi connectivity index (χ4n) is 2.47. The molecular weight excluding hydrogens is 356 g/mol. The van der Waals surface area contributed by atoms with Gasteiger partial charge in [0.15, 0.2) is 5.16 Å². The summed E-state index contributed by atoms with van der Waals surface area (Å²) in [6, 6.07) is 8.72. The van der Waals surface area contributed by atoms with E-state index in [9.17, 15) is 14.4 Å². The number of rotatable bonds is 5. The van der Waals surface area contributed by atoms with E-state index in [0.717, 1.165) is 16.7 Å². The average Bonchev–Trinajstić information content (AvgIpc) is 2.89. The number of nitrogens with zero attached hydrogens (tertiary/aromatic N) is 3. The number of amides is 2. The van der Waals surface area contributed by atoms with Gasteiger partial charge in [0.2, 0.25) is 11.8 Å². The monoisotopic (exact) mass is 372 g/mol. The van der Waals surface area contributed by atoms with Crippen LogP contribution in [0.15, 0.2) is 41.7 Å². The van der Waals surface area contributed by atoms with E-state index in [1.165, 1.54) is 6.20 Å². The van der Waals surface area contributed by atoms with Gasteiger partial charge in [-0.15, -0.1) is 0 Å². The number of thioether (sulfide) groups is 1. The second-order valence-corrected chi connectivity index (χ2v) is 6.56. The van der Waals surface area contributed by atoms with E-state index in [2.05, 4.69) is 9.97 Å². The van der Waals surface area contributed by atoms with Crippen molar-refractivity contribution >= 4 is 41.1 Å². The number of anilines is 2. The van der Waals surface area contributed by atoms with Crippen LogP contribution in [-0.2, 0) is 14.3 Å². The van der Waals surface area contributed by atoms with E-state index in [4.69, 9.17) is 10.5 Å². The van der Waals surface area contributed by atoms with Gasteiger partial charge in [0, 0.05) is 12.6 Å². The highest BCUT2D eigenvalue weighted by Crippen LogP contribution is 2.32. The Balaban J connectivity index is 1.75. The maximum atomic E-state index is 12.6. The summed E-state index contributed by atoms with van der Waals surface area (Å²) >= 11 is 1.04. The lowest BCUT2D eigenvalue weighted by Crippen LogP contribution is -2.31. The number of para-hydroxylation sites is 1. The van der Waals surface area contributed by atoms with Crippen molar-refractivity contribution in [1.29, 1.82) is 0 Å². The Kier molecular flexibility index (Phi) is 5.17.